The van der Waals surface area contributed by atoms with E-state index in [1.165, 1.54) is 55.6 Å². The van der Waals surface area contributed by atoms with Crippen molar-refractivity contribution in [2.45, 2.75) is 57.4 Å². The predicted molar refractivity (Wildman–Crippen MR) is 109 cm³/mol. The number of amides is 1. The number of aliphatic carboxylic acids is 1. The van der Waals surface area contributed by atoms with Crippen molar-refractivity contribution in [3.63, 3.8) is 0 Å². The zero-order chi connectivity index (χ0) is 21.0. The Bertz CT molecular complexity index is 853. The van der Waals surface area contributed by atoms with E-state index in [-0.39, 0.29) is 21.8 Å². The smallest absolute Gasteiger partial charge is 0.326 e. The number of carbonyl (C=O) groups is 2. The summed E-state index contributed by atoms with van der Waals surface area (Å²) in [5.41, 5.74) is -0.0249. The third kappa shape index (κ3) is 3.47. The number of carboxylic acid groups (broad SMARTS) is 1. The Morgan fingerprint density at radius 3 is 2.40 bits per heavy atom. The van der Waals surface area contributed by atoms with Crippen LogP contribution in [0.1, 0.15) is 61.7 Å². The van der Waals surface area contributed by atoms with Crippen LogP contribution in [-0.4, -0.2) is 41.1 Å². The summed E-state index contributed by atoms with van der Waals surface area (Å²) in [7, 11) is 0. The molecule has 1 heterocycles. The highest BCUT2D eigenvalue weighted by Gasteiger charge is 2.51. The van der Waals surface area contributed by atoms with Gasteiger partial charge < -0.3 is 14.7 Å². The molecule has 1 saturated heterocycles. The molecule has 5 fully saturated rings. The summed E-state index contributed by atoms with van der Waals surface area (Å²) in [6.45, 7) is 0.841. The number of likely N-dealkylation sites (tertiary alicyclic amines) is 1. The standard InChI is InChI=1S/C23H27ClFNO4/c24-17-7-16(21(27)26-3-1-2-19(26)22(28)29)18(25)8-20(17)30-12-23-9-13-4-14(10-23)6-15(5-13)11-23/h7-8,13-15,19H,1-6,9-12H2,(H,28,29)/t13?,14?,15?,19-,23?/m0/s1. The fourth-order valence-electron chi connectivity index (χ4n) is 6.92. The minimum Gasteiger partial charge on any atom is -0.491 e. The molecule has 1 atom stereocenters. The highest BCUT2D eigenvalue weighted by Crippen LogP contribution is 2.60. The SMILES string of the molecule is O=C(O)[C@@H]1CCCN1C(=O)c1cc(Cl)c(OCC23CC4CC(CC(C4)C2)C3)cc1F. The normalized spacial score (nSPS) is 34.4. The lowest BCUT2D eigenvalue weighted by atomic mass is 9.50. The zero-order valence-electron chi connectivity index (χ0n) is 16.9. The molecule has 5 nitrogen and oxygen atoms in total. The molecule has 4 aliphatic carbocycles. The molecule has 0 unspecified atom stereocenters. The Kier molecular flexibility index (Phi) is 4.96. The van der Waals surface area contributed by atoms with Gasteiger partial charge in [0, 0.05) is 18.0 Å². The Morgan fingerprint density at radius 2 is 1.80 bits per heavy atom. The molecule has 30 heavy (non-hydrogen) atoms. The van der Waals surface area contributed by atoms with E-state index in [4.69, 9.17) is 16.3 Å². The molecule has 0 spiro atoms. The lowest BCUT2D eigenvalue weighted by molar-refractivity contribution is -0.141. The summed E-state index contributed by atoms with van der Waals surface area (Å²) in [4.78, 5) is 25.3. The van der Waals surface area contributed by atoms with Gasteiger partial charge in [0.15, 0.2) is 0 Å². The van der Waals surface area contributed by atoms with Crippen LogP contribution in [0.3, 0.4) is 0 Å². The van der Waals surface area contributed by atoms with E-state index in [9.17, 15) is 19.1 Å². The minimum atomic E-state index is -1.07. The quantitative estimate of drug-likeness (QED) is 0.723. The number of hydrogen-bond acceptors (Lipinski definition) is 3. The maximum absolute atomic E-state index is 14.8. The molecule has 7 heteroatoms. The van der Waals surface area contributed by atoms with Crippen molar-refractivity contribution in [1.29, 1.82) is 0 Å². The van der Waals surface area contributed by atoms with Gasteiger partial charge in [0.05, 0.1) is 17.2 Å². The first kappa shape index (κ1) is 20.1. The summed E-state index contributed by atoms with van der Waals surface area (Å²) >= 11 is 6.36. The Balaban J connectivity index is 1.31. The topological polar surface area (TPSA) is 66.8 Å². The Hall–Kier alpha value is -1.82. The molecule has 1 aromatic carbocycles. The molecule has 1 aliphatic heterocycles. The number of ether oxygens (including phenoxy) is 1. The first-order chi connectivity index (χ1) is 14.3. The Labute approximate surface area is 180 Å². The molecule has 0 radical (unpaired) electrons. The van der Waals surface area contributed by atoms with Gasteiger partial charge in [-0.3, -0.25) is 4.79 Å². The summed E-state index contributed by atoms with van der Waals surface area (Å²) in [5.74, 6) is 0.243. The molecular weight excluding hydrogens is 409 g/mol. The molecular formula is C23H27ClFNO4. The third-order valence-corrected chi connectivity index (χ3v) is 8.04. The molecule has 1 aromatic rings. The van der Waals surface area contributed by atoms with Crippen LogP contribution < -0.4 is 4.74 Å². The van der Waals surface area contributed by atoms with Crippen LogP contribution in [0.15, 0.2) is 12.1 Å². The van der Waals surface area contributed by atoms with Gasteiger partial charge in [0.2, 0.25) is 0 Å². The highest BCUT2D eigenvalue weighted by atomic mass is 35.5. The minimum absolute atomic E-state index is 0.174. The van der Waals surface area contributed by atoms with Gasteiger partial charge in [-0.1, -0.05) is 11.6 Å². The number of nitrogens with zero attached hydrogens (tertiary/aromatic N) is 1. The van der Waals surface area contributed by atoms with Crippen LogP contribution in [0.25, 0.3) is 0 Å². The monoisotopic (exact) mass is 435 g/mol. The predicted octanol–water partition coefficient (Wildman–Crippen LogP) is 4.76. The largest absolute Gasteiger partial charge is 0.491 e. The molecule has 1 N–H and O–H groups in total. The van der Waals surface area contributed by atoms with Crippen LogP contribution in [0, 0.1) is 29.0 Å². The van der Waals surface area contributed by atoms with Crippen LogP contribution in [0.4, 0.5) is 4.39 Å². The summed E-state index contributed by atoms with van der Waals surface area (Å²) in [6.07, 6.45) is 8.55. The fraction of sp³-hybridized carbons (Fsp3) is 0.652. The lowest BCUT2D eigenvalue weighted by Crippen LogP contribution is -2.48. The molecule has 1 amide bonds. The van der Waals surface area contributed by atoms with E-state index in [0.29, 0.717) is 26.0 Å². The van der Waals surface area contributed by atoms with Gasteiger partial charge in [-0.2, -0.15) is 0 Å². The van der Waals surface area contributed by atoms with Gasteiger partial charge in [0.1, 0.15) is 17.6 Å². The van der Waals surface area contributed by atoms with E-state index in [2.05, 4.69) is 0 Å². The summed E-state index contributed by atoms with van der Waals surface area (Å²) in [5, 5.41) is 9.49. The van der Waals surface area contributed by atoms with Gasteiger partial charge in [-0.15, -0.1) is 0 Å². The number of carbonyl (C=O) groups excluding carboxylic acids is 1. The molecule has 6 rings (SSSR count). The lowest BCUT2D eigenvalue weighted by Gasteiger charge is -2.56. The second-order valence-electron chi connectivity index (χ2n) is 9.96. The van der Waals surface area contributed by atoms with Gasteiger partial charge in [-0.05, 0) is 75.2 Å². The second-order valence-corrected chi connectivity index (χ2v) is 10.4. The average Bonchev–Trinajstić information content (AvgIpc) is 3.17. The van der Waals surface area contributed by atoms with Gasteiger partial charge in [0.25, 0.3) is 5.91 Å². The van der Waals surface area contributed by atoms with Crippen LogP contribution in [-0.2, 0) is 4.79 Å². The maximum atomic E-state index is 14.8. The summed E-state index contributed by atoms with van der Waals surface area (Å²) in [6, 6.07) is 1.55. The van der Waals surface area contributed by atoms with Gasteiger partial charge in [-0.25, -0.2) is 9.18 Å². The summed E-state index contributed by atoms with van der Waals surface area (Å²) < 4.78 is 20.8. The molecule has 4 bridgehead atoms. The number of rotatable bonds is 5. The number of carboxylic acids is 1. The van der Waals surface area contributed by atoms with Gasteiger partial charge >= 0.3 is 5.97 Å². The highest BCUT2D eigenvalue weighted by molar-refractivity contribution is 6.32. The molecule has 4 saturated carbocycles. The fourth-order valence-corrected chi connectivity index (χ4v) is 7.14. The number of hydrogen-bond donors (Lipinski definition) is 1. The van der Waals surface area contributed by atoms with Crippen molar-refractivity contribution in [3.05, 3.63) is 28.5 Å². The Morgan fingerprint density at radius 1 is 1.17 bits per heavy atom. The van der Waals surface area contributed by atoms with Crippen LogP contribution in [0.2, 0.25) is 5.02 Å². The van der Waals surface area contributed by atoms with E-state index in [0.717, 1.165) is 17.8 Å². The van der Waals surface area contributed by atoms with E-state index in [1.807, 2.05) is 0 Å². The van der Waals surface area contributed by atoms with E-state index < -0.39 is 23.7 Å². The molecule has 162 valence electrons. The van der Waals surface area contributed by atoms with Crippen molar-refractivity contribution >= 4 is 23.5 Å². The number of benzene rings is 1. The molecule has 0 aromatic heterocycles. The van der Waals surface area contributed by atoms with E-state index in [1.54, 1.807) is 0 Å². The molecule has 5 aliphatic rings. The van der Waals surface area contributed by atoms with Crippen molar-refractivity contribution in [2.24, 2.45) is 23.2 Å². The maximum Gasteiger partial charge on any atom is 0.326 e. The second kappa shape index (κ2) is 7.40. The van der Waals surface area contributed by atoms with Crippen molar-refractivity contribution in [3.8, 4) is 5.75 Å². The van der Waals surface area contributed by atoms with Crippen molar-refractivity contribution < 1.29 is 23.8 Å². The zero-order valence-corrected chi connectivity index (χ0v) is 17.7. The van der Waals surface area contributed by atoms with Crippen molar-refractivity contribution in [1.82, 2.24) is 4.90 Å². The van der Waals surface area contributed by atoms with Crippen LogP contribution in [0.5, 0.6) is 5.75 Å². The first-order valence-electron chi connectivity index (χ1n) is 11.0. The van der Waals surface area contributed by atoms with E-state index >= 15 is 0 Å². The van der Waals surface area contributed by atoms with Crippen LogP contribution >= 0.6 is 11.6 Å². The average molecular weight is 436 g/mol. The van der Waals surface area contributed by atoms with Crippen molar-refractivity contribution in [2.75, 3.05) is 13.2 Å². The number of halogens is 2. The first-order valence-corrected chi connectivity index (χ1v) is 11.4. The third-order valence-electron chi connectivity index (χ3n) is 7.75.